The molecule has 112 heavy (non-hydrogen) atoms. The average Bonchev–Trinajstić information content (AvgIpc) is 0.857. The van der Waals surface area contributed by atoms with Crippen molar-refractivity contribution < 1.29 is 66.7 Å². The molecule has 0 aliphatic carbocycles. The lowest BCUT2D eigenvalue weighted by atomic mass is 9.95. The van der Waals surface area contributed by atoms with E-state index < -0.39 is 53.1 Å². The summed E-state index contributed by atoms with van der Waals surface area (Å²) in [5.41, 5.74) is 15.9. The van der Waals surface area contributed by atoms with Crippen LogP contribution in [0.5, 0.6) is 0 Å². The standard InChI is InChI=1S/C25H32ClNO4.C25H30ClNO4.C20H24ClNO2.C19H26BrNO4.ClH/c2*1-6-30-23(28)17(2)14-22(27-24(29)31-25(3,4)5)15-18-10-12-19(13-11-18)20-8-7-9-21(26)16-20;1-3-24-20(23)14(2)11-19(22)12-15-7-9-16(10-8-15)17-5-4-6-18(21)13-17;1-6-24-17(22)13(2)11-16(21-18(23)25-19(3,4)5)12-14-7-9-15(20)10-8-14;/h7-13,16-17,22H,6,14-15H2,1-5H3,(H,27,29);7-14,16,22H,6,15H2,1-5H3,(H,27,29);4-10,13-14,19H,3,11-12,22H2,1-2H3;7-11,16H,6,12H2,1-5H3,(H,21,23);1H/b;17-14+;;13-11+;/t17?,22-;22-;14?,19-;16-;/m0000./s1. The van der Waals surface area contributed by atoms with Crippen LogP contribution in [0.1, 0.15) is 153 Å². The van der Waals surface area contributed by atoms with Crippen LogP contribution in [0.15, 0.2) is 198 Å². The van der Waals surface area contributed by atoms with Crippen LogP contribution >= 0.6 is 63.1 Å². The number of ether oxygens (including phenoxy) is 7. The highest BCUT2D eigenvalue weighted by Crippen LogP contribution is 2.28. The molecule has 0 saturated carbocycles. The Morgan fingerprint density at radius 2 is 0.705 bits per heavy atom. The van der Waals surface area contributed by atoms with Gasteiger partial charge in [-0.05, 0) is 247 Å². The zero-order valence-electron chi connectivity index (χ0n) is 67.6. The number of nitrogens with two attached hydrogens (primary N) is 1. The number of rotatable bonds is 28. The van der Waals surface area contributed by atoms with Gasteiger partial charge in [0.25, 0.3) is 0 Å². The quantitative estimate of drug-likeness (QED) is 0.0202. The lowest BCUT2D eigenvalue weighted by molar-refractivity contribution is -0.148. The van der Waals surface area contributed by atoms with E-state index >= 15 is 0 Å². The molecule has 7 aromatic rings. The van der Waals surface area contributed by atoms with E-state index in [0.29, 0.717) is 79.7 Å². The number of esters is 4. The molecule has 0 fully saturated rings. The normalized spacial score (nSPS) is 13.0. The fraction of sp³-hybridized carbons (Fsp3) is 0.404. The molecule has 23 heteroatoms. The largest absolute Gasteiger partial charge is 0.466 e. The molecule has 2 unspecified atom stereocenters. The number of hydrogen-bond donors (Lipinski definition) is 4. The Hall–Kier alpha value is -8.69. The molecule has 18 nitrogen and oxygen atoms in total. The number of hydrogen-bond acceptors (Lipinski definition) is 15. The van der Waals surface area contributed by atoms with Gasteiger partial charge in [-0.25, -0.2) is 24.0 Å². The van der Waals surface area contributed by atoms with Gasteiger partial charge in [-0.3, -0.25) is 9.59 Å². The number of carbonyl (C=O) groups excluding carboxylic acids is 7. The summed E-state index contributed by atoms with van der Waals surface area (Å²) in [6.07, 6.45) is 5.24. The number of alkyl carbamates (subject to hydrolysis) is 3. The zero-order valence-corrected chi connectivity index (χ0v) is 72.2. The average molecular weight is 1680 g/mol. The first-order valence-electron chi connectivity index (χ1n) is 37.3. The Balaban J connectivity index is 0.000000388. The third-order valence-corrected chi connectivity index (χ3v) is 17.3. The number of benzene rings is 7. The van der Waals surface area contributed by atoms with Crippen LogP contribution in [0, 0.1) is 11.8 Å². The van der Waals surface area contributed by atoms with Crippen LogP contribution in [0.4, 0.5) is 14.4 Å². The van der Waals surface area contributed by atoms with E-state index in [1.807, 2.05) is 187 Å². The smallest absolute Gasteiger partial charge is 0.408 e. The summed E-state index contributed by atoms with van der Waals surface area (Å²) in [7, 11) is 0. The Morgan fingerprint density at radius 3 is 1.02 bits per heavy atom. The molecule has 7 rings (SSSR count). The summed E-state index contributed by atoms with van der Waals surface area (Å²) in [5.74, 6) is -1.76. The molecule has 0 spiro atoms. The second-order valence-electron chi connectivity index (χ2n) is 29.6. The van der Waals surface area contributed by atoms with Crippen molar-refractivity contribution in [2.45, 2.75) is 197 Å². The maximum absolute atomic E-state index is 12.3. The second kappa shape index (κ2) is 49.1. The number of amides is 3. The maximum atomic E-state index is 12.3. The van der Waals surface area contributed by atoms with E-state index in [2.05, 4.69) is 56.1 Å². The second-order valence-corrected chi connectivity index (χ2v) is 31.8. The Bertz CT molecular complexity index is 4160. The van der Waals surface area contributed by atoms with E-state index in [1.165, 1.54) is 0 Å². The topological polar surface area (TPSA) is 246 Å². The van der Waals surface area contributed by atoms with Crippen LogP contribution in [0.25, 0.3) is 33.4 Å². The van der Waals surface area contributed by atoms with Gasteiger partial charge >= 0.3 is 42.2 Å². The van der Waals surface area contributed by atoms with Crippen molar-refractivity contribution in [1.82, 2.24) is 16.0 Å². The monoisotopic (exact) mass is 1680 g/mol. The zero-order chi connectivity index (χ0) is 82.6. The van der Waals surface area contributed by atoms with E-state index in [9.17, 15) is 33.6 Å². The fourth-order valence-corrected chi connectivity index (χ4v) is 11.9. The summed E-state index contributed by atoms with van der Waals surface area (Å²) in [6.45, 7) is 31.7. The maximum Gasteiger partial charge on any atom is 0.408 e. The molecule has 608 valence electrons. The first-order chi connectivity index (χ1) is 52.2. The Morgan fingerprint density at radius 1 is 0.411 bits per heavy atom. The predicted octanol–water partition coefficient (Wildman–Crippen LogP) is 21.3. The number of nitrogens with one attached hydrogen (secondary N) is 3. The highest BCUT2D eigenvalue weighted by Gasteiger charge is 2.27. The van der Waals surface area contributed by atoms with Gasteiger partial charge in [-0.1, -0.05) is 198 Å². The van der Waals surface area contributed by atoms with Gasteiger partial charge in [0.15, 0.2) is 0 Å². The highest BCUT2D eigenvalue weighted by molar-refractivity contribution is 9.10. The van der Waals surface area contributed by atoms with Gasteiger partial charge in [-0.2, -0.15) is 0 Å². The summed E-state index contributed by atoms with van der Waals surface area (Å²) in [6, 6.07) is 54.2. The van der Waals surface area contributed by atoms with Crippen LogP contribution < -0.4 is 21.7 Å². The number of halogens is 5. The minimum Gasteiger partial charge on any atom is -0.466 e. The molecule has 0 saturated heterocycles. The molecular weight excluding hydrogens is 1570 g/mol. The summed E-state index contributed by atoms with van der Waals surface area (Å²) < 4.78 is 37.3. The van der Waals surface area contributed by atoms with Gasteiger partial charge < -0.3 is 54.8 Å². The van der Waals surface area contributed by atoms with Gasteiger partial charge in [0, 0.05) is 42.8 Å². The van der Waals surface area contributed by atoms with Gasteiger partial charge in [-0.15, -0.1) is 12.4 Å². The Kier molecular flexibility index (Phi) is 42.7. The summed E-state index contributed by atoms with van der Waals surface area (Å²) in [4.78, 5) is 84.4. The molecule has 6 atom stereocenters. The summed E-state index contributed by atoms with van der Waals surface area (Å²) >= 11 is 21.6. The van der Waals surface area contributed by atoms with Crippen molar-refractivity contribution >= 4 is 105 Å². The summed E-state index contributed by atoms with van der Waals surface area (Å²) in [5, 5.41) is 10.7. The first kappa shape index (κ1) is 97.5. The third-order valence-electron chi connectivity index (χ3n) is 16.0. The van der Waals surface area contributed by atoms with Gasteiger partial charge in [0.05, 0.1) is 50.3 Å². The molecule has 3 amide bonds. The molecule has 0 bridgehead atoms. The van der Waals surface area contributed by atoms with Crippen LogP contribution in [0.2, 0.25) is 15.1 Å². The van der Waals surface area contributed by atoms with Crippen molar-refractivity contribution in [3.8, 4) is 33.4 Å². The lowest BCUT2D eigenvalue weighted by Crippen LogP contribution is -2.41. The molecule has 5 N–H and O–H groups in total. The van der Waals surface area contributed by atoms with Gasteiger partial charge in [0.2, 0.25) is 0 Å². The van der Waals surface area contributed by atoms with E-state index in [0.717, 1.165) is 71.6 Å². The molecule has 0 aromatic heterocycles. The van der Waals surface area contributed by atoms with Gasteiger partial charge in [0.1, 0.15) is 16.8 Å². The highest BCUT2D eigenvalue weighted by atomic mass is 79.9. The molecular formula is C89H113BrCl4N4O14. The van der Waals surface area contributed by atoms with Crippen LogP contribution in [0.3, 0.4) is 0 Å². The van der Waals surface area contributed by atoms with Crippen molar-refractivity contribution in [2.24, 2.45) is 17.6 Å². The first-order valence-corrected chi connectivity index (χ1v) is 39.2. The minimum absolute atomic E-state index is 0. The van der Waals surface area contributed by atoms with Crippen molar-refractivity contribution in [1.29, 1.82) is 0 Å². The van der Waals surface area contributed by atoms with Crippen molar-refractivity contribution in [3.63, 3.8) is 0 Å². The minimum atomic E-state index is -0.618. The predicted molar refractivity (Wildman–Crippen MR) is 456 cm³/mol. The molecule has 0 heterocycles. The van der Waals surface area contributed by atoms with Crippen molar-refractivity contribution in [2.75, 3.05) is 26.4 Å². The molecule has 0 aliphatic rings. The van der Waals surface area contributed by atoms with E-state index in [-0.39, 0.29) is 54.3 Å². The fourth-order valence-electron chi connectivity index (χ4n) is 11.1. The Labute approximate surface area is 692 Å². The van der Waals surface area contributed by atoms with Crippen molar-refractivity contribution in [3.05, 3.63) is 235 Å². The van der Waals surface area contributed by atoms with E-state index in [4.69, 9.17) is 73.7 Å². The van der Waals surface area contributed by atoms with Crippen LogP contribution in [-0.4, -0.2) is 110 Å². The third kappa shape index (κ3) is 39.7. The lowest BCUT2D eigenvalue weighted by Gasteiger charge is -2.25. The molecule has 0 radical (unpaired) electrons. The van der Waals surface area contributed by atoms with Crippen LogP contribution in [-0.2, 0) is 78.0 Å². The molecule has 7 aromatic carbocycles. The van der Waals surface area contributed by atoms with E-state index in [1.54, 1.807) is 88.3 Å². The molecule has 0 aliphatic heterocycles. The SMILES string of the molecule is CCOC(=O)/C(C)=C/[C@@H](Cc1ccc(-c2cccc(Cl)c2)cc1)NC(=O)OC(C)(C)C.CCOC(=O)/C(C)=C/[C@@H](Cc1ccc(Br)cc1)NC(=O)OC(C)(C)C.CCOC(=O)C(C)C[C@@H](Cc1ccc(-c2cccc(Cl)c2)cc1)NC(=O)OC(C)(C)C.CCOC(=O)C(C)C[C@H](N)Cc1ccc(-c2cccc(Cl)c2)cc1.Cl. The number of carbonyl (C=O) groups is 7.